The highest BCUT2D eigenvalue weighted by atomic mass is 16.7. The third-order valence-corrected chi connectivity index (χ3v) is 4.51. The van der Waals surface area contributed by atoms with Crippen LogP contribution >= 0.6 is 0 Å². The first kappa shape index (κ1) is 17.0. The van der Waals surface area contributed by atoms with E-state index in [2.05, 4.69) is 15.5 Å². The average Bonchev–Trinajstić information content (AvgIpc) is 3.44. The van der Waals surface area contributed by atoms with E-state index < -0.39 is 0 Å². The van der Waals surface area contributed by atoms with Gasteiger partial charge < -0.3 is 13.9 Å². The zero-order valence-electron chi connectivity index (χ0n) is 15.2. The fourth-order valence-corrected chi connectivity index (χ4v) is 3.13. The predicted octanol–water partition coefficient (Wildman–Crippen LogP) is 3.99. The number of nitrogens with one attached hydrogen (secondary N) is 1. The van der Waals surface area contributed by atoms with E-state index in [1.54, 1.807) is 42.8 Å². The number of carbonyl (C=O) groups excluding carboxylic acids is 1. The molecular weight excluding hydrogens is 370 g/mol. The highest BCUT2D eigenvalue weighted by molar-refractivity contribution is 6.07. The lowest BCUT2D eigenvalue weighted by Gasteiger charge is -2.07. The van der Waals surface area contributed by atoms with Gasteiger partial charge in [-0.05, 0) is 48.0 Å². The van der Waals surface area contributed by atoms with Crippen molar-refractivity contribution in [2.45, 2.75) is 0 Å². The van der Waals surface area contributed by atoms with Crippen LogP contribution in [0.15, 0.2) is 76.4 Å². The maximum absolute atomic E-state index is 12.8. The Balaban J connectivity index is 1.43. The molecule has 1 aliphatic rings. The summed E-state index contributed by atoms with van der Waals surface area (Å²) >= 11 is 0. The molecular formula is C22H15N3O4. The number of nitrogens with zero attached hydrogens (tertiary/aromatic N) is 2. The van der Waals surface area contributed by atoms with Crippen molar-refractivity contribution in [2.24, 2.45) is 5.10 Å². The summed E-state index contributed by atoms with van der Waals surface area (Å²) in [5, 5.41) is 4.81. The van der Waals surface area contributed by atoms with Crippen molar-refractivity contribution in [3.05, 3.63) is 78.1 Å². The van der Waals surface area contributed by atoms with E-state index in [0.717, 1.165) is 10.9 Å². The monoisotopic (exact) mass is 385 g/mol. The summed E-state index contributed by atoms with van der Waals surface area (Å²) in [6, 6.07) is 18.2. The van der Waals surface area contributed by atoms with Gasteiger partial charge in [-0.3, -0.25) is 4.79 Å². The predicted molar refractivity (Wildman–Crippen MR) is 107 cm³/mol. The number of furan rings is 1. The molecule has 0 saturated carbocycles. The van der Waals surface area contributed by atoms with Gasteiger partial charge in [0.05, 0.1) is 23.6 Å². The summed E-state index contributed by atoms with van der Waals surface area (Å²) in [6.45, 7) is 0.208. The van der Waals surface area contributed by atoms with Crippen molar-refractivity contribution in [3.8, 4) is 23.0 Å². The van der Waals surface area contributed by atoms with E-state index in [0.29, 0.717) is 34.0 Å². The fraction of sp³-hybridized carbons (Fsp3) is 0.0455. The lowest BCUT2D eigenvalue weighted by atomic mass is 10.1. The van der Waals surface area contributed by atoms with Crippen molar-refractivity contribution in [1.29, 1.82) is 0 Å². The minimum absolute atomic E-state index is 0.208. The molecule has 0 spiro atoms. The standard InChI is InChI=1S/C22H15N3O4/c26-22(25-23-12-14-7-8-20-21(10-14)29-13-28-20)16-11-18(19-6-3-9-27-19)24-17-5-2-1-4-15(16)17/h1-12H,13H2,(H,25,26)/b23-12+. The minimum Gasteiger partial charge on any atom is -0.463 e. The number of fused-ring (bicyclic) bond motifs is 2. The van der Waals surface area contributed by atoms with Gasteiger partial charge in [0, 0.05) is 5.39 Å². The molecule has 5 rings (SSSR count). The molecule has 0 atom stereocenters. The first-order valence-corrected chi connectivity index (χ1v) is 8.95. The number of hydrogen-bond donors (Lipinski definition) is 1. The molecule has 1 aliphatic heterocycles. The Morgan fingerprint density at radius 2 is 1.93 bits per heavy atom. The van der Waals surface area contributed by atoms with Crippen LogP contribution in [0.2, 0.25) is 0 Å². The zero-order chi connectivity index (χ0) is 19.6. The summed E-state index contributed by atoms with van der Waals surface area (Å²) in [4.78, 5) is 17.4. The maximum Gasteiger partial charge on any atom is 0.272 e. The third kappa shape index (κ3) is 3.29. The first-order chi connectivity index (χ1) is 14.3. The van der Waals surface area contributed by atoms with E-state index in [9.17, 15) is 4.79 Å². The topological polar surface area (TPSA) is 86.0 Å². The molecule has 29 heavy (non-hydrogen) atoms. The Morgan fingerprint density at radius 1 is 1.03 bits per heavy atom. The van der Waals surface area contributed by atoms with Gasteiger partial charge in [-0.2, -0.15) is 5.10 Å². The molecule has 0 saturated heterocycles. The normalized spacial score (nSPS) is 12.6. The first-order valence-electron chi connectivity index (χ1n) is 8.95. The van der Waals surface area contributed by atoms with Crippen LogP contribution in [0.1, 0.15) is 15.9 Å². The number of amides is 1. The Labute approximate surface area is 165 Å². The summed E-state index contributed by atoms with van der Waals surface area (Å²) < 4.78 is 16.1. The lowest BCUT2D eigenvalue weighted by molar-refractivity contribution is 0.0956. The Kier molecular flexibility index (Phi) is 4.18. The number of ether oxygens (including phenoxy) is 2. The molecule has 0 bridgehead atoms. The maximum atomic E-state index is 12.8. The smallest absolute Gasteiger partial charge is 0.272 e. The van der Waals surface area contributed by atoms with Crippen molar-refractivity contribution in [1.82, 2.24) is 10.4 Å². The van der Waals surface area contributed by atoms with Gasteiger partial charge in [0.15, 0.2) is 17.3 Å². The van der Waals surface area contributed by atoms with Crippen LogP contribution in [0.4, 0.5) is 0 Å². The van der Waals surface area contributed by atoms with Gasteiger partial charge in [-0.25, -0.2) is 10.4 Å². The summed E-state index contributed by atoms with van der Waals surface area (Å²) in [5.41, 5.74) is 5.11. The van der Waals surface area contributed by atoms with E-state index in [4.69, 9.17) is 13.9 Å². The van der Waals surface area contributed by atoms with Crippen molar-refractivity contribution < 1.29 is 18.7 Å². The quantitative estimate of drug-likeness (QED) is 0.424. The van der Waals surface area contributed by atoms with Crippen LogP contribution in [0.5, 0.6) is 11.5 Å². The van der Waals surface area contributed by atoms with Crippen molar-refractivity contribution >= 4 is 23.0 Å². The van der Waals surface area contributed by atoms with E-state index >= 15 is 0 Å². The third-order valence-electron chi connectivity index (χ3n) is 4.51. The molecule has 4 aromatic rings. The Bertz CT molecular complexity index is 1230. The van der Waals surface area contributed by atoms with Crippen LogP contribution in [0.25, 0.3) is 22.4 Å². The summed E-state index contributed by atoms with van der Waals surface area (Å²) in [6.07, 6.45) is 3.12. The van der Waals surface area contributed by atoms with Crippen LogP contribution in [0.3, 0.4) is 0 Å². The minimum atomic E-state index is -0.339. The van der Waals surface area contributed by atoms with Gasteiger partial charge >= 0.3 is 0 Å². The van der Waals surface area contributed by atoms with Crippen molar-refractivity contribution in [3.63, 3.8) is 0 Å². The second-order valence-corrected chi connectivity index (χ2v) is 6.36. The van der Waals surface area contributed by atoms with Crippen LogP contribution in [-0.4, -0.2) is 23.9 Å². The molecule has 2 aromatic carbocycles. The Morgan fingerprint density at radius 3 is 2.83 bits per heavy atom. The second-order valence-electron chi connectivity index (χ2n) is 6.36. The molecule has 0 fully saturated rings. The zero-order valence-corrected chi connectivity index (χ0v) is 15.2. The number of rotatable bonds is 4. The summed E-state index contributed by atoms with van der Waals surface area (Å²) in [5.74, 6) is 1.60. The van der Waals surface area contributed by atoms with E-state index in [-0.39, 0.29) is 12.7 Å². The largest absolute Gasteiger partial charge is 0.463 e. The molecule has 1 N–H and O–H groups in total. The lowest BCUT2D eigenvalue weighted by Crippen LogP contribution is -2.18. The summed E-state index contributed by atoms with van der Waals surface area (Å²) in [7, 11) is 0. The number of hydrogen-bond acceptors (Lipinski definition) is 6. The average molecular weight is 385 g/mol. The van der Waals surface area contributed by atoms with Crippen molar-refractivity contribution in [2.75, 3.05) is 6.79 Å². The van der Waals surface area contributed by atoms with Gasteiger partial charge in [0.25, 0.3) is 5.91 Å². The van der Waals surface area contributed by atoms with E-state index in [1.807, 2.05) is 30.3 Å². The number of pyridine rings is 1. The molecule has 0 aliphatic carbocycles. The van der Waals surface area contributed by atoms with Crippen LogP contribution in [0, 0.1) is 0 Å². The number of para-hydroxylation sites is 1. The van der Waals surface area contributed by atoms with Gasteiger partial charge in [-0.15, -0.1) is 0 Å². The number of carbonyl (C=O) groups is 1. The van der Waals surface area contributed by atoms with E-state index in [1.165, 1.54) is 0 Å². The molecule has 1 amide bonds. The molecule has 2 aromatic heterocycles. The SMILES string of the molecule is O=C(N/N=C/c1ccc2c(c1)OCO2)c1cc(-c2ccco2)nc2ccccc12. The second kappa shape index (κ2) is 7.12. The highest BCUT2D eigenvalue weighted by Crippen LogP contribution is 2.32. The van der Waals surface area contributed by atoms with Crippen LogP contribution in [-0.2, 0) is 0 Å². The molecule has 142 valence electrons. The molecule has 3 heterocycles. The fourth-order valence-electron chi connectivity index (χ4n) is 3.13. The molecule has 7 nitrogen and oxygen atoms in total. The van der Waals surface area contributed by atoms with Gasteiger partial charge in [-0.1, -0.05) is 18.2 Å². The van der Waals surface area contributed by atoms with Crippen LogP contribution < -0.4 is 14.9 Å². The molecule has 0 unspecified atom stereocenters. The molecule has 0 radical (unpaired) electrons. The number of aromatic nitrogens is 1. The van der Waals surface area contributed by atoms with Gasteiger partial charge in [0.2, 0.25) is 6.79 Å². The number of hydrazone groups is 1. The highest BCUT2D eigenvalue weighted by Gasteiger charge is 2.15. The molecule has 7 heteroatoms. The Hall–Kier alpha value is -4.13. The van der Waals surface area contributed by atoms with Gasteiger partial charge in [0.1, 0.15) is 5.69 Å². The number of benzene rings is 2.